The van der Waals surface area contributed by atoms with Gasteiger partial charge in [-0.15, -0.1) is 0 Å². The summed E-state index contributed by atoms with van der Waals surface area (Å²) < 4.78 is 9.15. The molecular weight excluding hydrogens is 340 g/mol. The van der Waals surface area contributed by atoms with Crippen molar-refractivity contribution in [3.05, 3.63) is 53.0 Å². The van der Waals surface area contributed by atoms with Crippen LogP contribution in [0.15, 0.2) is 42.5 Å². The Hall–Kier alpha value is -2.33. The second-order valence-electron chi connectivity index (χ2n) is 6.61. The minimum absolute atomic E-state index is 0.925. The first-order valence-electron chi connectivity index (χ1n) is 9.32. The van der Waals surface area contributed by atoms with E-state index < -0.39 is 0 Å². The summed E-state index contributed by atoms with van der Waals surface area (Å²) in [6, 6.07) is 15.2. The average molecular weight is 366 g/mol. The summed E-state index contributed by atoms with van der Waals surface area (Å²) in [6.45, 7) is 5.49. The Kier molecular flexibility index (Phi) is 4.93. The van der Waals surface area contributed by atoms with Crippen LogP contribution in [0.5, 0.6) is 5.75 Å². The highest BCUT2D eigenvalue weighted by Crippen LogP contribution is 2.29. The summed E-state index contributed by atoms with van der Waals surface area (Å²) in [4.78, 5) is 2.47. The Balaban J connectivity index is 1.62. The molecule has 0 unspecified atom stereocenters. The van der Waals surface area contributed by atoms with Gasteiger partial charge in [0, 0.05) is 24.9 Å². The van der Waals surface area contributed by atoms with Gasteiger partial charge in [-0.1, -0.05) is 29.5 Å². The quantitative estimate of drug-likeness (QED) is 0.592. The molecular formula is C22H25N2OS+. The Labute approximate surface area is 159 Å². The number of benzene rings is 2. The Morgan fingerprint density at radius 2 is 1.85 bits per heavy atom. The summed E-state index contributed by atoms with van der Waals surface area (Å²) in [5.41, 5.74) is 3.77. The Morgan fingerprint density at radius 3 is 2.54 bits per heavy atom. The maximum atomic E-state index is 5.57. The van der Waals surface area contributed by atoms with Gasteiger partial charge in [-0.3, -0.25) is 0 Å². The number of thiazole rings is 1. The van der Waals surface area contributed by atoms with Crippen molar-refractivity contribution in [2.45, 2.75) is 26.3 Å². The Morgan fingerprint density at radius 1 is 1.08 bits per heavy atom. The smallest absolute Gasteiger partial charge is 0.266 e. The van der Waals surface area contributed by atoms with E-state index in [1.165, 1.54) is 52.4 Å². The van der Waals surface area contributed by atoms with Gasteiger partial charge >= 0.3 is 0 Å². The van der Waals surface area contributed by atoms with Crippen LogP contribution in [0, 0.1) is 0 Å². The normalized spacial score (nSPS) is 14.6. The number of anilines is 1. The number of hydrogen-bond acceptors (Lipinski definition) is 3. The zero-order valence-electron chi connectivity index (χ0n) is 15.4. The number of rotatable bonds is 5. The summed E-state index contributed by atoms with van der Waals surface area (Å²) in [6.07, 6.45) is 7.05. The highest BCUT2D eigenvalue weighted by atomic mass is 32.1. The molecule has 1 aromatic heterocycles. The van der Waals surface area contributed by atoms with Gasteiger partial charge in [0.15, 0.2) is 5.75 Å². The first kappa shape index (κ1) is 17.1. The molecule has 26 heavy (non-hydrogen) atoms. The third-order valence-corrected chi connectivity index (χ3v) is 6.15. The van der Waals surface area contributed by atoms with Gasteiger partial charge < -0.3 is 9.64 Å². The summed E-state index contributed by atoms with van der Waals surface area (Å²) in [5, 5.41) is 1.25. The molecule has 0 saturated carbocycles. The van der Waals surface area contributed by atoms with E-state index in [2.05, 4.69) is 64.9 Å². The highest BCUT2D eigenvalue weighted by Gasteiger charge is 2.21. The van der Waals surface area contributed by atoms with Gasteiger partial charge in [0.1, 0.15) is 11.2 Å². The minimum atomic E-state index is 0.925. The van der Waals surface area contributed by atoms with Crippen molar-refractivity contribution in [2.75, 3.05) is 25.1 Å². The number of ether oxygens (including phenoxy) is 1. The van der Waals surface area contributed by atoms with E-state index in [1.54, 1.807) is 7.11 Å². The Bertz CT molecular complexity index is 921. The highest BCUT2D eigenvalue weighted by molar-refractivity contribution is 7.19. The molecule has 3 nitrogen and oxygen atoms in total. The van der Waals surface area contributed by atoms with Gasteiger partial charge in [-0.05, 0) is 55.7 Å². The van der Waals surface area contributed by atoms with Crippen molar-refractivity contribution in [1.82, 2.24) is 0 Å². The lowest BCUT2D eigenvalue weighted by atomic mass is 10.2. The fraction of sp³-hybridized carbons (Fsp3) is 0.318. The summed E-state index contributed by atoms with van der Waals surface area (Å²) in [5.74, 6) is 0.940. The molecule has 0 atom stereocenters. The molecule has 0 spiro atoms. The van der Waals surface area contributed by atoms with Crippen molar-refractivity contribution in [3.8, 4) is 5.75 Å². The van der Waals surface area contributed by atoms with E-state index in [0.717, 1.165) is 12.3 Å². The molecule has 2 heterocycles. The van der Waals surface area contributed by atoms with Crippen LogP contribution in [-0.2, 0) is 6.54 Å². The van der Waals surface area contributed by atoms with Crippen LogP contribution in [0.1, 0.15) is 30.3 Å². The zero-order valence-corrected chi connectivity index (χ0v) is 16.3. The number of aryl methyl sites for hydroxylation is 1. The molecule has 0 bridgehead atoms. The third-order valence-electron chi connectivity index (χ3n) is 5.03. The number of aromatic nitrogens is 1. The molecule has 2 aromatic carbocycles. The maximum Gasteiger partial charge on any atom is 0.266 e. The van der Waals surface area contributed by atoms with Gasteiger partial charge in [-0.2, -0.15) is 4.57 Å². The lowest BCUT2D eigenvalue weighted by Gasteiger charge is -2.17. The zero-order chi connectivity index (χ0) is 17.9. The van der Waals surface area contributed by atoms with E-state index >= 15 is 0 Å². The largest absolute Gasteiger partial charge is 0.490 e. The van der Waals surface area contributed by atoms with Crippen molar-refractivity contribution in [2.24, 2.45) is 0 Å². The first-order valence-corrected chi connectivity index (χ1v) is 10.1. The SMILES string of the molecule is CC[n+]1c(/C=C/c2ccc(N3CCCC3)cc2)sc2cccc(OC)c21. The number of methoxy groups -OCH3 is 1. The molecule has 4 heteroatoms. The first-order chi connectivity index (χ1) is 12.8. The minimum Gasteiger partial charge on any atom is -0.490 e. The van der Waals surface area contributed by atoms with Crippen molar-refractivity contribution in [3.63, 3.8) is 0 Å². The van der Waals surface area contributed by atoms with E-state index in [9.17, 15) is 0 Å². The maximum absolute atomic E-state index is 5.57. The van der Waals surface area contributed by atoms with E-state index in [4.69, 9.17) is 4.74 Å². The van der Waals surface area contributed by atoms with Gasteiger partial charge in [0.25, 0.3) is 10.5 Å². The molecule has 1 fully saturated rings. The molecule has 134 valence electrons. The van der Waals surface area contributed by atoms with Crippen molar-refractivity contribution in [1.29, 1.82) is 0 Å². The fourth-order valence-electron chi connectivity index (χ4n) is 3.67. The number of nitrogens with zero attached hydrogens (tertiary/aromatic N) is 2. The third kappa shape index (κ3) is 3.21. The fourth-order valence-corrected chi connectivity index (χ4v) is 4.82. The molecule has 1 aliphatic heterocycles. The molecule has 0 aliphatic carbocycles. The summed E-state index contributed by atoms with van der Waals surface area (Å²) in [7, 11) is 1.74. The topological polar surface area (TPSA) is 16.4 Å². The van der Waals surface area contributed by atoms with Crippen molar-refractivity contribution < 1.29 is 9.30 Å². The number of fused-ring (bicyclic) bond motifs is 1. The second-order valence-corrected chi connectivity index (χ2v) is 7.67. The standard InChI is InChI=1S/C22H25N2OS/c1-3-24-21(26-20-8-6-7-19(25-2)22(20)24)14-11-17-9-12-18(13-10-17)23-15-4-5-16-23/h6-14H,3-5,15-16H2,1-2H3/q+1. The molecule has 0 amide bonds. The molecule has 3 aromatic rings. The van der Waals surface area contributed by atoms with Crippen LogP contribution >= 0.6 is 11.3 Å². The van der Waals surface area contributed by atoms with E-state index in [-0.39, 0.29) is 0 Å². The van der Waals surface area contributed by atoms with Crippen molar-refractivity contribution >= 4 is 39.4 Å². The van der Waals surface area contributed by atoms with Crippen LogP contribution in [0.2, 0.25) is 0 Å². The van der Waals surface area contributed by atoms with E-state index in [0.29, 0.717) is 0 Å². The van der Waals surface area contributed by atoms with Gasteiger partial charge in [0.2, 0.25) is 0 Å². The monoisotopic (exact) mass is 365 g/mol. The molecule has 1 aliphatic rings. The van der Waals surface area contributed by atoms with Crippen LogP contribution < -0.4 is 14.2 Å². The predicted octanol–water partition coefficient (Wildman–Crippen LogP) is 4.99. The molecule has 4 rings (SSSR count). The summed E-state index contributed by atoms with van der Waals surface area (Å²) >= 11 is 1.81. The second kappa shape index (κ2) is 7.50. The molecule has 1 saturated heterocycles. The average Bonchev–Trinajstić information content (AvgIpc) is 3.34. The molecule has 0 N–H and O–H groups in total. The van der Waals surface area contributed by atoms with E-state index in [1.807, 2.05) is 17.4 Å². The lowest BCUT2D eigenvalue weighted by molar-refractivity contribution is -0.665. The van der Waals surface area contributed by atoms with Gasteiger partial charge in [0.05, 0.1) is 7.11 Å². The predicted molar refractivity (Wildman–Crippen MR) is 111 cm³/mol. The number of hydrogen-bond donors (Lipinski definition) is 0. The molecule has 0 radical (unpaired) electrons. The van der Waals surface area contributed by atoms with Gasteiger partial charge in [-0.25, -0.2) is 0 Å². The lowest BCUT2D eigenvalue weighted by Crippen LogP contribution is -2.33. The number of para-hydroxylation sites is 1. The van der Waals surface area contributed by atoms with Crippen LogP contribution in [0.3, 0.4) is 0 Å². The van der Waals surface area contributed by atoms with Crippen LogP contribution in [0.25, 0.3) is 22.4 Å². The van der Waals surface area contributed by atoms with Crippen LogP contribution in [0.4, 0.5) is 5.69 Å². The van der Waals surface area contributed by atoms with Crippen LogP contribution in [-0.4, -0.2) is 20.2 Å².